The van der Waals surface area contributed by atoms with Gasteiger partial charge in [-0.15, -0.1) is 0 Å². The summed E-state index contributed by atoms with van der Waals surface area (Å²) in [7, 11) is 3.09. The molecule has 1 aromatic heterocycles. The number of ether oxygens (including phenoxy) is 1. The predicted octanol–water partition coefficient (Wildman–Crippen LogP) is 3.65. The van der Waals surface area contributed by atoms with Gasteiger partial charge in [0.1, 0.15) is 24.1 Å². The lowest BCUT2D eigenvalue weighted by atomic mass is 10.0. The van der Waals surface area contributed by atoms with Crippen molar-refractivity contribution in [3.63, 3.8) is 0 Å². The molecule has 1 aliphatic rings. The first-order chi connectivity index (χ1) is 16.4. The molecule has 0 aliphatic carbocycles. The molecule has 10 heteroatoms. The number of hydrogen-bond acceptors (Lipinski definition) is 7. The third kappa shape index (κ3) is 4.65. The van der Waals surface area contributed by atoms with E-state index in [4.69, 9.17) is 9.15 Å². The Morgan fingerprint density at radius 3 is 2.47 bits per heavy atom. The first kappa shape index (κ1) is 22.7. The van der Waals surface area contributed by atoms with Crippen LogP contribution in [0.5, 0.6) is 5.75 Å². The number of rotatable bonds is 7. The van der Waals surface area contributed by atoms with Gasteiger partial charge in [0.2, 0.25) is 0 Å². The number of nitro groups is 1. The van der Waals surface area contributed by atoms with Gasteiger partial charge in [-0.3, -0.25) is 19.7 Å². The van der Waals surface area contributed by atoms with Crippen LogP contribution in [0.4, 0.5) is 5.69 Å². The van der Waals surface area contributed by atoms with Crippen molar-refractivity contribution in [1.29, 1.82) is 0 Å². The number of furan rings is 1. The molecule has 0 bridgehead atoms. The Bertz CT molecular complexity index is 1220. The second-order valence-corrected chi connectivity index (χ2v) is 7.71. The molecule has 174 valence electrons. The number of nitro benzene ring substituents is 1. The Labute approximate surface area is 195 Å². The van der Waals surface area contributed by atoms with E-state index in [2.05, 4.69) is 5.10 Å². The average Bonchev–Trinajstić information content (AvgIpc) is 3.54. The summed E-state index contributed by atoms with van der Waals surface area (Å²) in [4.78, 5) is 37.8. The second-order valence-electron chi connectivity index (χ2n) is 7.71. The maximum absolute atomic E-state index is 13.2. The van der Waals surface area contributed by atoms with Gasteiger partial charge in [0.15, 0.2) is 0 Å². The highest BCUT2D eigenvalue weighted by Crippen LogP contribution is 2.33. The Hall–Kier alpha value is -4.47. The topological polar surface area (TPSA) is 118 Å². The first-order valence-corrected chi connectivity index (χ1v) is 10.4. The van der Waals surface area contributed by atoms with E-state index in [0.717, 1.165) is 0 Å². The maximum atomic E-state index is 13.2. The molecule has 4 rings (SSSR count). The van der Waals surface area contributed by atoms with Gasteiger partial charge in [-0.05, 0) is 54.1 Å². The molecular weight excluding hydrogens is 440 g/mol. The summed E-state index contributed by atoms with van der Waals surface area (Å²) in [5.41, 5.74) is 1.65. The van der Waals surface area contributed by atoms with Crippen molar-refractivity contribution in [2.75, 3.05) is 20.7 Å². The van der Waals surface area contributed by atoms with Crippen LogP contribution in [-0.4, -0.2) is 53.1 Å². The minimum Gasteiger partial charge on any atom is -0.497 e. The molecule has 34 heavy (non-hydrogen) atoms. The fourth-order valence-electron chi connectivity index (χ4n) is 3.69. The van der Waals surface area contributed by atoms with Gasteiger partial charge < -0.3 is 14.1 Å². The Kier molecular flexibility index (Phi) is 6.39. The molecule has 0 spiro atoms. The fourth-order valence-corrected chi connectivity index (χ4v) is 3.69. The van der Waals surface area contributed by atoms with E-state index >= 15 is 0 Å². The van der Waals surface area contributed by atoms with Gasteiger partial charge >= 0.3 is 0 Å². The molecule has 2 heterocycles. The monoisotopic (exact) mass is 462 g/mol. The third-order valence-corrected chi connectivity index (χ3v) is 5.50. The van der Waals surface area contributed by atoms with Crippen LogP contribution in [0.3, 0.4) is 0 Å². The minimum absolute atomic E-state index is 0.0310. The van der Waals surface area contributed by atoms with Crippen molar-refractivity contribution in [2.45, 2.75) is 12.5 Å². The standard InChI is InChI=1S/C24H22N4O6/c1-26(24(30)17-7-11-19(33-2)12-8-17)15-23(29)27-21(22-4-3-13-34-22)14-20(25-27)16-5-9-18(10-6-16)28(31)32/h3-13,21H,14-15H2,1-2H3/t21-/m1/s1. The van der Waals surface area contributed by atoms with Crippen molar-refractivity contribution >= 4 is 23.2 Å². The van der Waals surface area contributed by atoms with Crippen LogP contribution in [0.15, 0.2) is 76.4 Å². The van der Waals surface area contributed by atoms with Gasteiger partial charge in [-0.2, -0.15) is 5.10 Å². The zero-order valence-corrected chi connectivity index (χ0v) is 18.6. The number of carbonyl (C=O) groups excluding carboxylic acids is 2. The molecule has 10 nitrogen and oxygen atoms in total. The summed E-state index contributed by atoms with van der Waals surface area (Å²) in [5.74, 6) is 0.479. The van der Waals surface area contributed by atoms with E-state index in [1.165, 1.54) is 28.3 Å². The zero-order valence-electron chi connectivity index (χ0n) is 18.6. The predicted molar refractivity (Wildman–Crippen MR) is 122 cm³/mol. The quantitative estimate of drug-likeness (QED) is 0.391. The molecule has 0 N–H and O–H groups in total. The molecule has 1 atom stereocenters. The Morgan fingerprint density at radius 1 is 1.18 bits per heavy atom. The normalized spacial score (nSPS) is 15.1. The Morgan fingerprint density at radius 2 is 1.88 bits per heavy atom. The van der Waals surface area contributed by atoms with Crippen molar-refractivity contribution in [3.05, 3.63) is 93.9 Å². The van der Waals surface area contributed by atoms with Crippen LogP contribution in [0.25, 0.3) is 0 Å². The summed E-state index contributed by atoms with van der Waals surface area (Å²) in [6.07, 6.45) is 1.88. The number of benzene rings is 2. The van der Waals surface area contributed by atoms with Gasteiger partial charge in [-0.25, -0.2) is 5.01 Å². The lowest BCUT2D eigenvalue weighted by Crippen LogP contribution is -2.39. The van der Waals surface area contributed by atoms with Gasteiger partial charge in [0.25, 0.3) is 17.5 Å². The highest BCUT2D eigenvalue weighted by Gasteiger charge is 2.35. The van der Waals surface area contributed by atoms with E-state index in [1.807, 2.05) is 0 Å². The zero-order chi connectivity index (χ0) is 24.2. The lowest BCUT2D eigenvalue weighted by Gasteiger charge is -2.23. The number of carbonyl (C=O) groups is 2. The van der Waals surface area contributed by atoms with Gasteiger partial charge in [0.05, 0.1) is 24.0 Å². The van der Waals surface area contributed by atoms with Crippen LogP contribution < -0.4 is 4.74 Å². The smallest absolute Gasteiger partial charge is 0.269 e. The fraction of sp³-hybridized carbons (Fsp3) is 0.208. The van der Waals surface area contributed by atoms with Crippen LogP contribution in [0.2, 0.25) is 0 Å². The first-order valence-electron chi connectivity index (χ1n) is 10.4. The van der Waals surface area contributed by atoms with Gasteiger partial charge in [0, 0.05) is 31.2 Å². The number of likely N-dealkylation sites (N-methyl/N-ethyl adjacent to an activating group) is 1. The average molecular weight is 462 g/mol. The van der Waals surface area contributed by atoms with Crippen LogP contribution >= 0.6 is 0 Å². The SMILES string of the molecule is COc1ccc(C(=O)N(C)CC(=O)N2N=C(c3ccc([N+](=O)[O-])cc3)C[C@@H]2c2ccco2)cc1. The summed E-state index contributed by atoms with van der Waals surface area (Å²) >= 11 is 0. The summed E-state index contributed by atoms with van der Waals surface area (Å²) in [6, 6.07) is 15.6. The van der Waals surface area contributed by atoms with Crippen molar-refractivity contribution < 1.29 is 23.7 Å². The molecule has 2 aromatic carbocycles. The van der Waals surface area contributed by atoms with Crippen molar-refractivity contribution in [2.24, 2.45) is 5.10 Å². The highest BCUT2D eigenvalue weighted by molar-refractivity contribution is 6.03. The second kappa shape index (κ2) is 9.57. The number of hydrazone groups is 1. The van der Waals surface area contributed by atoms with Crippen LogP contribution in [0.1, 0.15) is 34.1 Å². The number of amides is 2. The van der Waals surface area contributed by atoms with E-state index < -0.39 is 11.0 Å². The van der Waals surface area contributed by atoms with E-state index in [9.17, 15) is 19.7 Å². The highest BCUT2D eigenvalue weighted by atomic mass is 16.6. The van der Waals surface area contributed by atoms with Crippen molar-refractivity contribution in [1.82, 2.24) is 9.91 Å². The molecule has 0 unspecified atom stereocenters. The van der Waals surface area contributed by atoms with Gasteiger partial charge in [-0.1, -0.05) is 0 Å². The number of nitrogens with zero attached hydrogens (tertiary/aromatic N) is 4. The molecule has 0 fully saturated rings. The Balaban J connectivity index is 1.54. The van der Waals surface area contributed by atoms with Crippen LogP contribution in [0, 0.1) is 10.1 Å². The van der Waals surface area contributed by atoms with Crippen LogP contribution in [-0.2, 0) is 4.79 Å². The van der Waals surface area contributed by atoms with E-state index in [-0.39, 0.29) is 24.0 Å². The molecule has 0 radical (unpaired) electrons. The third-order valence-electron chi connectivity index (χ3n) is 5.50. The molecule has 1 aliphatic heterocycles. The summed E-state index contributed by atoms with van der Waals surface area (Å²) < 4.78 is 10.6. The number of methoxy groups -OCH3 is 1. The molecular formula is C24H22N4O6. The molecule has 2 amide bonds. The number of non-ortho nitro benzene ring substituents is 1. The molecule has 3 aromatic rings. The maximum Gasteiger partial charge on any atom is 0.269 e. The van der Waals surface area contributed by atoms with Crippen molar-refractivity contribution in [3.8, 4) is 5.75 Å². The summed E-state index contributed by atoms with van der Waals surface area (Å²) in [6.45, 7) is -0.195. The molecule has 0 saturated carbocycles. The van der Waals surface area contributed by atoms with E-state index in [0.29, 0.717) is 34.8 Å². The minimum atomic E-state index is -0.489. The lowest BCUT2D eigenvalue weighted by molar-refractivity contribution is -0.384. The number of hydrogen-bond donors (Lipinski definition) is 0. The van der Waals surface area contributed by atoms with E-state index in [1.54, 1.807) is 62.7 Å². The largest absolute Gasteiger partial charge is 0.497 e. The summed E-state index contributed by atoms with van der Waals surface area (Å²) in [5, 5.41) is 16.8. The molecule has 0 saturated heterocycles.